The summed E-state index contributed by atoms with van der Waals surface area (Å²) >= 11 is 0. The molecular weight excluding hydrogens is 396 g/mol. The first kappa shape index (κ1) is 20.8. The van der Waals surface area contributed by atoms with Gasteiger partial charge in [-0.1, -0.05) is 6.07 Å². The van der Waals surface area contributed by atoms with Crippen LogP contribution in [0.25, 0.3) is 0 Å². The Balaban J connectivity index is 1.47. The van der Waals surface area contributed by atoms with Gasteiger partial charge in [0.25, 0.3) is 0 Å². The SMILES string of the molecule is Cc1cc(NN=Cc2cc(N3CCOCC3)nc(OCCc3ccccn3)n2)oc1C. The summed E-state index contributed by atoms with van der Waals surface area (Å²) in [6.45, 7) is 7.21. The van der Waals surface area contributed by atoms with E-state index in [9.17, 15) is 0 Å². The van der Waals surface area contributed by atoms with Crippen molar-refractivity contribution in [3.63, 3.8) is 0 Å². The van der Waals surface area contributed by atoms with Crippen molar-refractivity contribution < 1.29 is 13.9 Å². The summed E-state index contributed by atoms with van der Waals surface area (Å²) in [5, 5.41) is 4.25. The fourth-order valence-corrected chi connectivity index (χ4v) is 3.10. The minimum Gasteiger partial charge on any atom is -0.463 e. The first-order valence-corrected chi connectivity index (χ1v) is 10.3. The van der Waals surface area contributed by atoms with Gasteiger partial charge in [-0.05, 0) is 31.5 Å². The molecular formula is C22H26N6O3. The Hall–Kier alpha value is -3.46. The van der Waals surface area contributed by atoms with Crippen LogP contribution in [0.5, 0.6) is 6.01 Å². The Bertz CT molecular complexity index is 996. The molecule has 0 spiro atoms. The van der Waals surface area contributed by atoms with Crippen molar-refractivity contribution in [2.45, 2.75) is 20.3 Å². The third-order valence-corrected chi connectivity index (χ3v) is 4.90. The Morgan fingerprint density at radius 1 is 1.19 bits per heavy atom. The van der Waals surface area contributed by atoms with Gasteiger partial charge in [0.2, 0.25) is 5.88 Å². The maximum atomic E-state index is 5.85. The molecule has 0 unspecified atom stereocenters. The van der Waals surface area contributed by atoms with Crippen LogP contribution in [0.15, 0.2) is 46.0 Å². The second-order valence-corrected chi connectivity index (χ2v) is 7.17. The molecule has 0 bridgehead atoms. The Labute approximate surface area is 181 Å². The molecule has 1 aliphatic rings. The average Bonchev–Trinajstić information content (AvgIpc) is 3.12. The standard InChI is InChI=1S/C22H26N6O3/c1-16-13-21(31-17(16)2)27-24-15-19-14-20(28-8-11-29-12-9-28)26-22(25-19)30-10-6-18-5-3-4-7-23-18/h3-5,7,13-15,27H,6,8-12H2,1-2H3. The van der Waals surface area contributed by atoms with Crippen molar-refractivity contribution in [1.29, 1.82) is 0 Å². The summed E-state index contributed by atoms with van der Waals surface area (Å²) in [6.07, 6.45) is 4.08. The van der Waals surface area contributed by atoms with E-state index in [1.54, 1.807) is 12.4 Å². The van der Waals surface area contributed by atoms with Crippen LogP contribution < -0.4 is 15.1 Å². The van der Waals surface area contributed by atoms with Crippen molar-refractivity contribution in [1.82, 2.24) is 15.0 Å². The van der Waals surface area contributed by atoms with Crippen LogP contribution in [0.1, 0.15) is 22.7 Å². The molecule has 4 rings (SSSR count). The molecule has 1 saturated heterocycles. The number of rotatable bonds is 8. The van der Waals surface area contributed by atoms with E-state index in [0.717, 1.165) is 35.9 Å². The van der Waals surface area contributed by atoms with Crippen molar-refractivity contribution in [2.24, 2.45) is 5.10 Å². The van der Waals surface area contributed by atoms with E-state index < -0.39 is 0 Å². The van der Waals surface area contributed by atoms with Gasteiger partial charge in [0.05, 0.1) is 31.7 Å². The lowest BCUT2D eigenvalue weighted by atomic mass is 10.3. The second-order valence-electron chi connectivity index (χ2n) is 7.17. The summed E-state index contributed by atoms with van der Waals surface area (Å²) in [5.41, 5.74) is 5.56. The molecule has 9 heteroatoms. The minimum atomic E-state index is 0.311. The van der Waals surface area contributed by atoms with Crippen LogP contribution >= 0.6 is 0 Å². The van der Waals surface area contributed by atoms with Gasteiger partial charge in [-0.2, -0.15) is 15.1 Å². The zero-order valence-electron chi connectivity index (χ0n) is 17.7. The number of ether oxygens (including phenoxy) is 2. The van der Waals surface area contributed by atoms with Gasteiger partial charge in [0.15, 0.2) is 0 Å². The summed E-state index contributed by atoms with van der Waals surface area (Å²) in [4.78, 5) is 15.5. The van der Waals surface area contributed by atoms with E-state index in [0.29, 0.717) is 43.8 Å². The number of morpholine rings is 1. The monoisotopic (exact) mass is 422 g/mol. The highest BCUT2D eigenvalue weighted by atomic mass is 16.5. The average molecular weight is 422 g/mol. The molecule has 0 amide bonds. The molecule has 162 valence electrons. The van der Waals surface area contributed by atoms with Gasteiger partial charge in [-0.3, -0.25) is 4.98 Å². The molecule has 3 aromatic rings. The fraction of sp³-hybridized carbons (Fsp3) is 0.364. The molecule has 1 aliphatic heterocycles. The first-order valence-electron chi connectivity index (χ1n) is 10.3. The quantitative estimate of drug-likeness (QED) is 0.437. The number of pyridine rings is 1. The third kappa shape index (κ3) is 5.79. The van der Waals surface area contributed by atoms with E-state index in [1.165, 1.54) is 0 Å². The van der Waals surface area contributed by atoms with Gasteiger partial charge in [-0.25, -0.2) is 5.43 Å². The molecule has 0 aromatic carbocycles. The van der Waals surface area contributed by atoms with Crippen LogP contribution in [0.3, 0.4) is 0 Å². The normalized spacial score (nSPS) is 14.2. The van der Waals surface area contributed by atoms with E-state index in [1.807, 2.05) is 44.2 Å². The molecule has 3 aromatic heterocycles. The smallest absolute Gasteiger partial charge is 0.318 e. The van der Waals surface area contributed by atoms with Crippen LogP contribution in [-0.2, 0) is 11.2 Å². The van der Waals surface area contributed by atoms with Gasteiger partial charge in [0, 0.05) is 43.5 Å². The Morgan fingerprint density at radius 3 is 2.81 bits per heavy atom. The van der Waals surface area contributed by atoms with Crippen molar-refractivity contribution in [3.8, 4) is 6.01 Å². The number of furan rings is 1. The van der Waals surface area contributed by atoms with Gasteiger partial charge < -0.3 is 18.8 Å². The molecule has 0 saturated carbocycles. The zero-order valence-corrected chi connectivity index (χ0v) is 17.7. The highest BCUT2D eigenvalue weighted by molar-refractivity contribution is 5.79. The highest BCUT2D eigenvalue weighted by Crippen LogP contribution is 2.19. The van der Waals surface area contributed by atoms with Gasteiger partial charge >= 0.3 is 6.01 Å². The van der Waals surface area contributed by atoms with E-state index >= 15 is 0 Å². The number of hydrogen-bond donors (Lipinski definition) is 1. The predicted molar refractivity (Wildman–Crippen MR) is 118 cm³/mol. The number of aryl methyl sites for hydroxylation is 2. The number of nitrogens with one attached hydrogen (secondary N) is 1. The highest BCUT2D eigenvalue weighted by Gasteiger charge is 2.15. The van der Waals surface area contributed by atoms with E-state index in [2.05, 4.69) is 30.4 Å². The molecule has 0 atom stereocenters. The number of nitrogens with zero attached hydrogens (tertiary/aromatic N) is 5. The molecule has 31 heavy (non-hydrogen) atoms. The maximum Gasteiger partial charge on any atom is 0.318 e. The van der Waals surface area contributed by atoms with Crippen LogP contribution in [0.4, 0.5) is 11.7 Å². The lowest BCUT2D eigenvalue weighted by Gasteiger charge is -2.28. The molecule has 1 fully saturated rings. The van der Waals surface area contributed by atoms with Crippen LogP contribution in [-0.4, -0.2) is 54.1 Å². The molecule has 4 heterocycles. The minimum absolute atomic E-state index is 0.311. The molecule has 0 radical (unpaired) electrons. The third-order valence-electron chi connectivity index (χ3n) is 4.90. The second kappa shape index (κ2) is 10.0. The molecule has 9 nitrogen and oxygen atoms in total. The summed E-state index contributed by atoms with van der Waals surface area (Å²) in [6, 6.07) is 9.92. The Morgan fingerprint density at radius 2 is 2.06 bits per heavy atom. The number of hydrazone groups is 1. The summed E-state index contributed by atoms with van der Waals surface area (Å²) in [7, 11) is 0. The topological polar surface area (TPSA) is 97.9 Å². The number of aromatic nitrogens is 3. The van der Waals surface area contributed by atoms with Crippen molar-refractivity contribution in [2.75, 3.05) is 43.2 Å². The molecule has 1 N–H and O–H groups in total. The summed E-state index contributed by atoms with van der Waals surface area (Å²) in [5.74, 6) is 2.23. The van der Waals surface area contributed by atoms with Gasteiger partial charge in [0.1, 0.15) is 11.6 Å². The maximum absolute atomic E-state index is 5.85. The van der Waals surface area contributed by atoms with Crippen molar-refractivity contribution in [3.05, 3.63) is 59.2 Å². The van der Waals surface area contributed by atoms with E-state index in [-0.39, 0.29) is 0 Å². The number of hydrogen-bond acceptors (Lipinski definition) is 9. The van der Waals surface area contributed by atoms with Crippen LogP contribution in [0.2, 0.25) is 0 Å². The number of anilines is 2. The lowest BCUT2D eigenvalue weighted by Crippen LogP contribution is -2.37. The largest absolute Gasteiger partial charge is 0.463 e. The van der Waals surface area contributed by atoms with Crippen LogP contribution in [0, 0.1) is 13.8 Å². The first-order chi connectivity index (χ1) is 15.2. The predicted octanol–water partition coefficient (Wildman–Crippen LogP) is 2.99. The molecule has 0 aliphatic carbocycles. The van der Waals surface area contributed by atoms with Gasteiger partial charge in [-0.15, -0.1) is 0 Å². The fourth-order valence-electron chi connectivity index (χ4n) is 3.10. The summed E-state index contributed by atoms with van der Waals surface area (Å²) < 4.78 is 16.9. The zero-order chi connectivity index (χ0) is 21.5. The lowest BCUT2D eigenvalue weighted by molar-refractivity contribution is 0.122. The van der Waals surface area contributed by atoms with Crippen molar-refractivity contribution >= 4 is 17.9 Å². The Kier molecular flexibility index (Phi) is 6.73. The van der Waals surface area contributed by atoms with E-state index in [4.69, 9.17) is 13.9 Å².